The zero-order chi connectivity index (χ0) is 10.2. The van der Waals surface area contributed by atoms with Crippen LogP contribution in [0.25, 0.3) is 0 Å². The van der Waals surface area contributed by atoms with E-state index in [2.05, 4.69) is 19.2 Å². The lowest BCUT2D eigenvalue weighted by Crippen LogP contribution is -2.37. The minimum atomic E-state index is -0.171. The molecule has 1 aromatic carbocycles. The zero-order valence-corrected chi connectivity index (χ0v) is 9.19. The maximum atomic E-state index is 5.92. The normalized spacial score (nSPS) is 19.4. The quantitative estimate of drug-likeness (QED) is 0.713. The van der Waals surface area contributed by atoms with Gasteiger partial charge < -0.3 is 10.1 Å². The van der Waals surface area contributed by atoms with E-state index in [0.29, 0.717) is 0 Å². The van der Waals surface area contributed by atoms with Crippen LogP contribution >= 0.6 is 11.6 Å². The maximum absolute atomic E-state index is 5.92. The Morgan fingerprint density at radius 3 is 3.00 bits per heavy atom. The summed E-state index contributed by atoms with van der Waals surface area (Å²) < 4.78 is 5.88. The van der Waals surface area contributed by atoms with Gasteiger partial charge in [-0.05, 0) is 26.0 Å². The number of nitrogens with one attached hydrogen (secondary N) is 1. The van der Waals surface area contributed by atoms with Crippen molar-refractivity contribution in [3.05, 3.63) is 28.8 Å². The molecule has 0 fully saturated rings. The average Bonchev–Trinajstić information content (AvgIpc) is 2.21. The Bertz CT molecular complexity index is 349. The molecular weight excluding hydrogens is 198 g/mol. The first-order valence-corrected chi connectivity index (χ1v) is 5.13. The van der Waals surface area contributed by atoms with E-state index >= 15 is 0 Å². The van der Waals surface area contributed by atoms with E-state index in [1.165, 1.54) is 5.56 Å². The molecule has 1 heterocycles. The molecule has 76 valence electrons. The lowest BCUT2D eigenvalue weighted by molar-refractivity contribution is 0.115. The second kappa shape index (κ2) is 3.44. The summed E-state index contributed by atoms with van der Waals surface area (Å²) in [5, 5.41) is 4.07. The summed E-state index contributed by atoms with van der Waals surface area (Å²) in [4.78, 5) is 0. The van der Waals surface area contributed by atoms with Crippen LogP contribution in [0.4, 0.5) is 0 Å². The fourth-order valence-electron chi connectivity index (χ4n) is 1.60. The number of ether oxygens (including phenoxy) is 1. The van der Waals surface area contributed by atoms with Gasteiger partial charge in [0.25, 0.3) is 0 Å². The predicted molar refractivity (Wildman–Crippen MR) is 57.9 cm³/mol. The van der Waals surface area contributed by atoms with Crippen LogP contribution in [-0.2, 0) is 6.54 Å². The van der Waals surface area contributed by atoms with Crippen molar-refractivity contribution in [2.75, 3.05) is 6.54 Å². The Morgan fingerprint density at radius 2 is 2.21 bits per heavy atom. The molecule has 2 nitrogen and oxygen atoms in total. The number of fused-ring (bicyclic) bond motifs is 1. The Morgan fingerprint density at radius 1 is 1.43 bits per heavy atom. The molecule has 0 bridgehead atoms. The maximum Gasteiger partial charge on any atom is 0.126 e. The number of rotatable bonds is 0. The van der Waals surface area contributed by atoms with Gasteiger partial charge in [-0.25, -0.2) is 0 Å². The van der Waals surface area contributed by atoms with Crippen LogP contribution in [0.1, 0.15) is 19.4 Å². The average molecular weight is 212 g/mol. The molecule has 0 aliphatic carbocycles. The van der Waals surface area contributed by atoms with Gasteiger partial charge in [0.05, 0.1) is 0 Å². The summed E-state index contributed by atoms with van der Waals surface area (Å²) in [6.45, 7) is 5.82. The van der Waals surface area contributed by atoms with Gasteiger partial charge in [-0.2, -0.15) is 0 Å². The van der Waals surface area contributed by atoms with Crippen molar-refractivity contribution in [2.45, 2.75) is 26.0 Å². The van der Waals surface area contributed by atoms with E-state index in [4.69, 9.17) is 16.3 Å². The molecule has 3 heteroatoms. The Balaban J connectivity index is 2.38. The molecule has 0 amide bonds. The van der Waals surface area contributed by atoms with Crippen LogP contribution in [0.3, 0.4) is 0 Å². The van der Waals surface area contributed by atoms with Crippen LogP contribution in [0.15, 0.2) is 18.2 Å². The highest BCUT2D eigenvalue weighted by Crippen LogP contribution is 2.28. The first-order chi connectivity index (χ1) is 6.57. The van der Waals surface area contributed by atoms with E-state index in [-0.39, 0.29) is 5.60 Å². The second-order valence-electron chi connectivity index (χ2n) is 4.22. The molecule has 0 unspecified atom stereocenters. The molecule has 0 aromatic heterocycles. The Hall–Kier alpha value is -0.730. The SMILES string of the molecule is CC1(C)CNCc2ccc(Cl)cc2O1. The number of hydrogen-bond acceptors (Lipinski definition) is 2. The fourth-order valence-corrected chi connectivity index (χ4v) is 1.76. The molecule has 0 saturated carbocycles. The van der Waals surface area contributed by atoms with Crippen molar-refractivity contribution in [3.8, 4) is 5.75 Å². The summed E-state index contributed by atoms with van der Waals surface area (Å²) in [7, 11) is 0. The van der Waals surface area contributed by atoms with Gasteiger partial charge in [0.1, 0.15) is 11.4 Å². The van der Waals surface area contributed by atoms with E-state index in [1.54, 1.807) is 0 Å². The Labute approximate surface area is 89.2 Å². The van der Waals surface area contributed by atoms with Crippen molar-refractivity contribution < 1.29 is 4.74 Å². The van der Waals surface area contributed by atoms with Gasteiger partial charge in [0, 0.05) is 23.7 Å². The van der Waals surface area contributed by atoms with Crippen molar-refractivity contribution in [1.29, 1.82) is 0 Å². The number of halogens is 1. The molecule has 0 spiro atoms. The van der Waals surface area contributed by atoms with Gasteiger partial charge in [-0.15, -0.1) is 0 Å². The highest BCUT2D eigenvalue weighted by atomic mass is 35.5. The van der Waals surface area contributed by atoms with E-state index < -0.39 is 0 Å². The van der Waals surface area contributed by atoms with Gasteiger partial charge in [0.2, 0.25) is 0 Å². The van der Waals surface area contributed by atoms with Crippen LogP contribution in [0, 0.1) is 0 Å². The molecule has 1 aliphatic rings. The van der Waals surface area contributed by atoms with Gasteiger partial charge in [-0.3, -0.25) is 0 Å². The fraction of sp³-hybridized carbons (Fsp3) is 0.455. The molecule has 0 radical (unpaired) electrons. The third-order valence-electron chi connectivity index (χ3n) is 2.28. The van der Waals surface area contributed by atoms with Crippen molar-refractivity contribution >= 4 is 11.6 Å². The summed E-state index contributed by atoms with van der Waals surface area (Å²) in [5.74, 6) is 0.896. The van der Waals surface area contributed by atoms with Gasteiger partial charge in [0.15, 0.2) is 0 Å². The molecule has 1 aliphatic heterocycles. The zero-order valence-electron chi connectivity index (χ0n) is 8.43. The Kier molecular flexibility index (Phi) is 2.41. The third kappa shape index (κ3) is 2.02. The topological polar surface area (TPSA) is 21.3 Å². The number of benzene rings is 1. The van der Waals surface area contributed by atoms with Crippen LogP contribution in [0.5, 0.6) is 5.75 Å². The summed E-state index contributed by atoms with van der Waals surface area (Å²) in [6, 6.07) is 5.78. The van der Waals surface area contributed by atoms with Crippen LogP contribution < -0.4 is 10.1 Å². The molecule has 2 rings (SSSR count). The van der Waals surface area contributed by atoms with Crippen LogP contribution in [-0.4, -0.2) is 12.1 Å². The van der Waals surface area contributed by atoms with E-state index in [9.17, 15) is 0 Å². The summed E-state index contributed by atoms with van der Waals surface area (Å²) in [6.07, 6.45) is 0. The second-order valence-corrected chi connectivity index (χ2v) is 4.65. The number of hydrogen-bond donors (Lipinski definition) is 1. The molecule has 1 N–H and O–H groups in total. The largest absolute Gasteiger partial charge is 0.486 e. The first-order valence-electron chi connectivity index (χ1n) is 4.75. The molecule has 0 saturated heterocycles. The van der Waals surface area contributed by atoms with Crippen LogP contribution in [0.2, 0.25) is 5.02 Å². The van der Waals surface area contributed by atoms with Gasteiger partial charge in [-0.1, -0.05) is 17.7 Å². The molecule has 1 aromatic rings. The smallest absolute Gasteiger partial charge is 0.126 e. The third-order valence-corrected chi connectivity index (χ3v) is 2.52. The minimum Gasteiger partial charge on any atom is -0.486 e. The summed E-state index contributed by atoms with van der Waals surface area (Å²) >= 11 is 5.92. The van der Waals surface area contributed by atoms with Gasteiger partial charge >= 0.3 is 0 Å². The van der Waals surface area contributed by atoms with Crippen molar-refractivity contribution in [2.24, 2.45) is 0 Å². The molecule has 14 heavy (non-hydrogen) atoms. The highest BCUT2D eigenvalue weighted by molar-refractivity contribution is 6.30. The minimum absolute atomic E-state index is 0.171. The van der Waals surface area contributed by atoms with E-state index in [1.807, 2.05) is 18.2 Å². The molecule has 0 atom stereocenters. The monoisotopic (exact) mass is 211 g/mol. The summed E-state index contributed by atoms with van der Waals surface area (Å²) in [5.41, 5.74) is 0.996. The highest BCUT2D eigenvalue weighted by Gasteiger charge is 2.23. The van der Waals surface area contributed by atoms with Crippen molar-refractivity contribution in [3.63, 3.8) is 0 Å². The van der Waals surface area contributed by atoms with Crippen molar-refractivity contribution in [1.82, 2.24) is 5.32 Å². The lowest BCUT2D eigenvalue weighted by Gasteiger charge is -2.24. The van der Waals surface area contributed by atoms with E-state index in [0.717, 1.165) is 23.9 Å². The lowest BCUT2D eigenvalue weighted by atomic mass is 10.1. The first kappa shape index (κ1) is 9.81. The molecular formula is C11H14ClNO. The standard InChI is InChI=1S/C11H14ClNO/c1-11(2)7-13-6-8-3-4-9(12)5-10(8)14-11/h3-5,13H,6-7H2,1-2H3. The predicted octanol–water partition coefficient (Wildman–Crippen LogP) is 2.60.